The maximum atomic E-state index is 12.0. The van der Waals surface area contributed by atoms with Crippen molar-refractivity contribution in [2.45, 2.75) is 0 Å². The maximum Gasteiger partial charge on any atom is 0.291 e. The first-order chi connectivity index (χ1) is 9.15. The van der Waals surface area contributed by atoms with Gasteiger partial charge in [0.25, 0.3) is 5.56 Å². The first-order valence-corrected chi connectivity index (χ1v) is 6.58. The lowest BCUT2D eigenvalue weighted by Crippen LogP contribution is -2.23. The van der Waals surface area contributed by atoms with Crippen LogP contribution in [0.5, 0.6) is 0 Å². The number of hydrogen-bond acceptors (Lipinski definition) is 5. The number of thiazole rings is 1. The van der Waals surface area contributed by atoms with Gasteiger partial charge in [0.1, 0.15) is 6.33 Å². The van der Waals surface area contributed by atoms with Gasteiger partial charge in [-0.3, -0.25) is 4.79 Å². The van der Waals surface area contributed by atoms with E-state index in [9.17, 15) is 4.79 Å². The smallest absolute Gasteiger partial charge is 0.291 e. The molecule has 0 N–H and O–H groups in total. The molecule has 0 saturated carbocycles. The number of aromatic nitrogens is 3. The van der Waals surface area contributed by atoms with Gasteiger partial charge in [0.2, 0.25) is 4.96 Å². The molecule has 0 bridgehead atoms. The second kappa shape index (κ2) is 4.47. The van der Waals surface area contributed by atoms with Gasteiger partial charge < -0.3 is 4.90 Å². The molecular weight excluding hydrogens is 260 g/mol. The molecule has 5 nitrogen and oxygen atoms in total. The molecule has 0 aliphatic rings. The zero-order valence-electron chi connectivity index (χ0n) is 10.6. The molecule has 2 heterocycles. The van der Waals surface area contributed by atoms with Crippen LogP contribution >= 0.6 is 11.3 Å². The minimum Gasteiger partial charge on any atom is -0.378 e. The summed E-state index contributed by atoms with van der Waals surface area (Å²) in [6.45, 7) is 0. The molecule has 0 atom stereocenters. The lowest BCUT2D eigenvalue weighted by Gasteiger charge is -2.11. The summed E-state index contributed by atoms with van der Waals surface area (Å²) in [6.07, 6.45) is 3.26. The number of hydrogen-bond donors (Lipinski definition) is 0. The van der Waals surface area contributed by atoms with Gasteiger partial charge in [-0.1, -0.05) is 23.5 Å². The van der Waals surface area contributed by atoms with E-state index in [0.29, 0.717) is 9.49 Å². The highest BCUT2D eigenvalue weighted by atomic mass is 32.1. The Hall–Kier alpha value is -2.21. The highest BCUT2D eigenvalue weighted by Gasteiger charge is 2.04. The summed E-state index contributed by atoms with van der Waals surface area (Å²) < 4.78 is 1.97. The zero-order chi connectivity index (χ0) is 13.4. The number of rotatable bonds is 2. The number of anilines is 1. The van der Waals surface area contributed by atoms with Crippen LogP contribution in [0.2, 0.25) is 0 Å². The molecular formula is C13H12N4OS. The Morgan fingerprint density at radius 3 is 2.63 bits per heavy atom. The van der Waals surface area contributed by atoms with Gasteiger partial charge in [0.05, 0.1) is 4.53 Å². The molecule has 96 valence electrons. The second-order valence-electron chi connectivity index (χ2n) is 4.36. The predicted octanol–water partition coefficient (Wildman–Crippen LogP) is 0.765. The summed E-state index contributed by atoms with van der Waals surface area (Å²) in [5.41, 5.74) is 2.00. The van der Waals surface area contributed by atoms with E-state index in [1.807, 2.05) is 49.3 Å². The van der Waals surface area contributed by atoms with Crippen molar-refractivity contribution in [1.82, 2.24) is 14.6 Å². The van der Waals surface area contributed by atoms with E-state index >= 15 is 0 Å². The first-order valence-electron chi connectivity index (χ1n) is 5.77. The Bertz CT molecular complexity index is 817. The quantitative estimate of drug-likeness (QED) is 0.691. The summed E-state index contributed by atoms with van der Waals surface area (Å²) in [6, 6.07) is 8.02. The molecule has 0 unspecified atom stereocenters. The van der Waals surface area contributed by atoms with Crippen molar-refractivity contribution in [3.8, 4) is 0 Å². The van der Waals surface area contributed by atoms with Gasteiger partial charge in [-0.05, 0) is 23.8 Å². The molecule has 0 aliphatic carbocycles. The highest BCUT2D eigenvalue weighted by molar-refractivity contribution is 7.15. The lowest BCUT2D eigenvalue weighted by molar-refractivity contribution is 0.932. The molecule has 3 rings (SSSR count). The van der Waals surface area contributed by atoms with E-state index in [1.165, 1.54) is 22.2 Å². The van der Waals surface area contributed by atoms with Gasteiger partial charge in [-0.2, -0.15) is 9.61 Å². The standard InChI is InChI=1S/C13H12N4OS/c1-16(2)10-5-3-9(4-6-10)7-11-12(18)17-13(19-11)14-8-15-17/h3-8H,1-2H3. The van der Waals surface area contributed by atoms with Gasteiger partial charge in [0, 0.05) is 19.8 Å². The van der Waals surface area contributed by atoms with Crippen LogP contribution in [-0.4, -0.2) is 28.7 Å². The van der Waals surface area contributed by atoms with Crippen molar-refractivity contribution in [3.63, 3.8) is 0 Å². The van der Waals surface area contributed by atoms with Gasteiger partial charge in [-0.25, -0.2) is 4.98 Å². The third-order valence-corrected chi connectivity index (χ3v) is 3.80. The maximum absolute atomic E-state index is 12.0. The van der Waals surface area contributed by atoms with E-state index in [0.717, 1.165) is 11.3 Å². The fourth-order valence-corrected chi connectivity index (χ4v) is 2.68. The fourth-order valence-electron chi connectivity index (χ4n) is 1.80. The normalized spacial score (nSPS) is 12.2. The molecule has 0 fully saturated rings. The van der Waals surface area contributed by atoms with Gasteiger partial charge in [0.15, 0.2) is 0 Å². The van der Waals surface area contributed by atoms with Crippen LogP contribution < -0.4 is 15.0 Å². The Labute approximate surface area is 113 Å². The number of nitrogens with zero attached hydrogens (tertiary/aromatic N) is 4. The summed E-state index contributed by atoms with van der Waals surface area (Å²) in [5.74, 6) is 0. The van der Waals surface area contributed by atoms with Crippen molar-refractivity contribution < 1.29 is 0 Å². The van der Waals surface area contributed by atoms with E-state index in [1.54, 1.807) is 0 Å². The molecule has 0 amide bonds. The average molecular weight is 272 g/mol. The SMILES string of the molecule is CN(C)c1ccc(C=c2sc3ncnn3c2=O)cc1. The molecule has 0 radical (unpaired) electrons. The van der Waals surface area contributed by atoms with Crippen LogP contribution in [0.15, 0.2) is 35.4 Å². The molecule has 0 saturated heterocycles. The predicted molar refractivity (Wildman–Crippen MR) is 76.7 cm³/mol. The van der Waals surface area contributed by atoms with Crippen molar-refractivity contribution in [1.29, 1.82) is 0 Å². The monoisotopic (exact) mass is 272 g/mol. The Balaban J connectivity index is 2.07. The van der Waals surface area contributed by atoms with Crippen LogP contribution in [0.4, 0.5) is 5.69 Å². The van der Waals surface area contributed by atoms with Gasteiger partial charge in [-0.15, -0.1) is 0 Å². The highest BCUT2D eigenvalue weighted by Crippen LogP contribution is 2.12. The summed E-state index contributed by atoms with van der Waals surface area (Å²) in [4.78, 5) is 18.7. The van der Waals surface area contributed by atoms with Crippen LogP contribution in [0, 0.1) is 0 Å². The van der Waals surface area contributed by atoms with Crippen molar-refractivity contribution in [2.75, 3.05) is 19.0 Å². The third kappa shape index (κ3) is 2.10. The van der Waals surface area contributed by atoms with Crippen molar-refractivity contribution >= 4 is 28.1 Å². The van der Waals surface area contributed by atoms with E-state index in [-0.39, 0.29) is 5.56 Å². The van der Waals surface area contributed by atoms with Crippen LogP contribution in [-0.2, 0) is 0 Å². The van der Waals surface area contributed by atoms with E-state index in [2.05, 4.69) is 10.1 Å². The van der Waals surface area contributed by atoms with E-state index in [4.69, 9.17) is 0 Å². The van der Waals surface area contributed by atoms with E-state index < -0.39 is 0 Å². The minimum atomic E-state index is -0.116. The Morgan fingerprint density at radius 1 is 1.26 bits per heavy atom. The minimum absolute atomic E-state index is 0.116. The molecule has 19 heavy (non-hydrogen) atoms. The molecule has 2 aromatic heterocycles. The van der Waals surface area contributed by atoms with Crippen molar-refractivity contribution in [2.24, 2.45) is 0 Å². The largest absolute Gasteiger partial charge is 0.378 e. The van der Waals surface area contributed by atoms with Crippen LogP contribution in [0.25, 0.3) is 11.0 Å². The van der Waals surface area contributed by atoms with Crippen molar-refractivity contribution in [3.05, 3.63) is 51.0 Å². The number of fused-ring (bicyclic) bond motifs is 1. The van der Waals surface area contributed by atoms with Crippen LogP contribution in [0.3, 0.4) is 0 Å². The molecule has 3 aromatic rings. The first kappa shape index (κ1) is 11.9. The second-order valence-corrected chi connectivity index (χ2v) is 5.37. The van der Waals surface area contributed by atoms with Gasteiger partial charge >= 0.3 is 0 Å². The molecule has 0 aliphatic heterocycles. The molecule has 1 aromatic carbocycles. The summed E-state index contributed by atoms with van der Waals surface area (Å²) >= 11 is 1.35. The fraction of sp³-hybridized carbons (Fsp3) is 0.154. The lowest BCUT2D eigenvalue weighted by atomic mass is 10.2. The third-order valence-electron chi connectivity index (χ3n) is 2.83. The number of benzene rings is 1. The average Bonchev–Trinajstić information content (AvgIpc) is 2.95. The zero-order valence-corrected chi connectivity index (χ0v) is 11.4. The Kier molecular flexibility index (Phi) is 2.79. The topological polar surface area (TPSA) is 50.5 Å². The molecule has 6 heteroatoms. The molecule has 0 spiro atoms. The Morgan fingerprint density at radius 2 is 2.00 bits per heavy atom. The van der Waals surface area contributed by atoms with Crippen LogP contribution in [0.1, 0.15) is 5.56 Å². The summed E-state index contributed by atoms with van der Waals surface area (Å²) in [5, 5.41) is 3.89. The summed E-state index contributed by atoms with van der Waals surface area (Å²) in [7, 11) is 3.99.